The number of benzene rings is 1. The lowest BCUT2D eigenvalue weighted by molar-refractivity contribution is -0.131. The van der Waals surface area contributed by atoms with Crippen LogP contribution in [0.3, 0.4) is 0 Å². The third-order valence-electron chi connectivity index (χ3n) is 3.97. The number of thiazole rings is 1. The van der Waals surface area contributed by atoms with E-state index in [9.17, 15) is 4.79 Å². The van der Waals surface area contributed by atoms with E-state index in [0.29, 0.717) is 12.3 Å². The molecule has 0 N–H and O–H groups in total. The summed E-state index contributed by atoms with van der Waals surface area (Å²) < 4.78 is 1.08. The van der Waals surface area contributed by atoms with E-state index in [4.69, 9.17) is 0 Å². The molecular formula is C17H19BrN2OS2. The highest BCUT2D eigenvalue weighted by molar-refractivity contribution is 9.10. The minimum absolute atomic E-state index is 0.274. The summed E-state index contributed by atoms with van der Waals surface area (Å²) in [4.78, 5) is 20.1. The van der Waals surface area contributed by atoms with Gasteiger partial charge in [-0.3, -0.25) is 4.79 Å². The van der Waals surface area contributed by atoms with Crippen LogP contribution in [-0.2, 0) is 4.79 Å². The van der Waals surface area contributed by atoms with Crippen molar-refractivity contribution in [1.82, 2.24) is 9.88 Å². The summed E-state index contributed by atoms with van der Waals surface area (Å²) in [5.74, 6) is 1.53. The van der Waals surface area contributed by atoms with Gasteiger partial charge in [-0.25, -0.2) is 4.98 Å². The summed E-state index contributed by atoms with van der Waals surface area (Å²) in [6, 6.07) is 8.23. The van der Waals surface area contributed by atoms with Crippen molar-refractivity contribution in [2.75, 3.05) is 18.8 Å². The van der Waals surface area contributed by atoms with Crippen molar-refractivity contribution >= 4 is 44.9 Å². The van der Waals surface area contributed by atoms with Crippen molar-refractivity contribution < 1.29 is 4.79 Å². The van der Waals surface area contributed by atoms with Crippen LogP contribution in [0.5, 0.6) is 0 Å². The van der Waals surface area contributed by atoms with Crippen molar-refractivity contribution in [3.8, 4) is 0 Å². The summed E-state index contributed by atoms with van der Waals surface area (Å²) >= 11 is 6.88. The van der Waals surface area contributed by atoms with Crippen molar-refractivity contribution in [1.29, 1.82) is 0 Å². The Bertz CT molecular complexity index is 631. The molecule has 1 aromatic heterocycles. The van der Waals surface area contributed by atoms with Crippen LogP contribution in [0.2, 0.25) is 0 Å². The number of amides is 1. The summed E-state index contributed by atoms with van der Waals surface area (Å²) in [5, 5.41) is 3.19. The highest BCUT2D eigenvalue weighted by Gasteiger charge is 2.25. The molecule has 2 heterocycles. The van der Waals surface area contributed by atoms with Crippen LogP contribution in [0.25, 0.3) is 0 Å². The van der Waals surface area contributed by atoms with E-state index in [1.54, 1.807) is 23.1 Å². The number of carbonyl (C=O) groups excluding carboxylic acids is 1. The number of likely N-dealkylation sites (tertiary alicyclic amines) is 1. The average molecular weight is 411 g/mol. The predicted octanol–water partition coefficient (Wildman–Crippen LogP) is 4.79. The van der Waals surface area contributed by atoms with Crippen LogP contribution in [-0.4, -0.2) is 34.6 Å². The maximum absolute atomic E-state index is 12.4. The van der Waals surface area contributed by atoms with Crippen molar-refractivity contribution in [3.05, 3.63) is 45.3 Å². The van der Waals surface area contributed by atoms with E-state index in [1.165, 1.54) is 9.90 Å². The fraction of sp³-hybridized carbons (Fsp3) is 0.412. The summed E-state index contributed by atoms with van der Waals surface area (Å²) in [7, 11) is 0. The molecule has 1 aliphatic rings. The Kier molecular flexibility index (Phi) is 6.14. The second kappa shape index (κ2) is 8.31. The predicted molar refractivity (Wildman–Crippen MR) is 100 cm³/mol. The van der Waals surface area contributed by atoms with Gasteiger partial charge in [-0.1, -0.05) is 15.9 Å². The van der Waals surface area contributed by atoms with Crippen LogP contribution in [0.4, 0.5) is 0 Å². The van der Waals surface area contributed by atoms with Gasteiger partial charge >= 0.3 is 0 Å². The molecule has 1 amide bonds. The fourth-order valence-electron chi connectivity index (χ4n) is 2.79. The first kappa shape index (κ1) is 17.0. The average Bonchev–Trinajstić information content (AvgIpc) is 3.11. The molecule has 1 aromatic carbocycles. The Balaban J connectivity index is 1.47. The highest BCUT2D eigenvalue weighted by atomic mass is 79.9. The maximum atomic E-state index is 12.4. The molecule has 1 saturated heterocycles. The molecule has 1 atom stereocenters. The summed E-state index contributed by atoms with van der Waals surface area (Å²) in [6.45, 7) is 1.72. The zero-order chi connectivity index (χ0) is 16.1. The third kappa shape index (κ3) is 4.81. The number of aromatic nitrogens is 1. The van der Waals surface area contributed by atoms with Gasteiger partial charge in [0, 0.05) is 52.1 Å². The lowest BCUT2D eigenvalue weighted by Crippen LogP contribution is -2.39. The largest absolute Gasteiger partial charge is 0.342 e. The standard InChI is InChI=1S/C17H19BrN2OS2/c18-14-3-5-15(6-4-14)22-10-7-16(21)20-9-1-2-13(12-20)17-19-8-11-23-17/h3-6,8,11,13H,1-2,7,9-10,12H2. The molecule has 0 saturated carbocycles. The highest BCUT2D eigenvalue weighted by Crippen LogP contribution is 2.29. The lowest BCUT2D eigenvalue weighted by atomic mass is 9.98. The Morgan fingerprint density at radius 3 is 2.96 bits per heavy atom. The molecule has 23 heavy (non-hydrogen) atoms. The summed E-state index contributed by atoms with van der Waals surface area (Å²) in [6.07, 6.45) is 4.68. The third-order valence-corrected chi connectivity index (χ3v) is 6.45. The number of hydrogen-bond acceptors (Lipinski definition) is 4. The van der Waals surface area contributed by atoms with Crippen LogP contribution < -0.4 is 0 Å². The Labute approximate surface area is 153 Å². The smallest absolute Gasteiger partial charge is 0.223 e. The molecule has 122 valence electrons. The first-order valence-electron chi connectivity index (χ1n) is 7.78. The first-order valence-corrected chi connectivity index (χ1v) is 10.4. The SMILES string of the molecule is O=C(CCSc1ccc(Br)cc1)N1CCCC(c2nccs2)C1. The number of carbonyl (C=O) groups is 1. The Hall–Kier alpha value is -0.850. The number of thioether (sulfide) groups is 1. The van der Waals surface area contributed by atoms with Gasteiger partial charge in [0.1, 0.15) is 0 Å². The van der Waals surface area contributed by atoms with E-state index in [-0.39, 0.29) is 5.91 Å². The number of rotatable bonds is 5. The molecule has 0 aliphatic carbocycles. The number of halogens is 1. The van der Waals surface area contributed by atoms with Gasteiger partial charge < -0.3 is 4.90 Å². The Morgan fingerprint density at radius 2 is 2.22 bits per heavy atom. The second-order valence-electron chi connectivity index (χ2n) is 5.60. The van der Waals surface area contributed by atoms with Crippen molar-refractivity contribution in [3.63, 3.8) is 0 Å². The molecule has 6 heteroatoms. The molecule has 0 radical (unpaired) electrons. The lowest BCUT2D eigenvalue weighted by Gasteiger charge is -2.32. The minimum Gasteiger partial charge on any atom is -0.342 e. The van der Waals surface area contributed by atoms with Crippen molar-refractivity contribution in [2.24, 2.45) is 0 Å². The van der Waals surface area contributed by atoms with Crippen LogP contribution in [0.1, 0.15) is 30.2 Å². The molecular weight excluding hydrogens is 392 g/mol. The van der Waals surface area contributed by atoms with E-state index in [0.717, 1.165) is 36.2 Å². The molecule has 0 spiro atoms. The van der Waals surface area contributed by atoms with Gasteiger partial charge in [0.25, 0.3) is 0 Å². The normalized spacial score (nSPS) is 18.1. The summed E-state index contributed by atoms with van der Waals surface area (Å²) in [5.41, 5.74) is 0. The molecule has 1 fully saturated rings. The van der Waals surface area contributed by atoms with Gasteiger partial charge in [-0.15, -0.1) is 23.1 Å². The van der Waals surface area contributed by atoms with E-state index in [2.05, 4.69) is 33.0 Å². The zero-order valence-corrected chi connectivity index (χ0v) is 16.0. The van der Waals surface area contributed by atoms with Crippen LogP contribution in [0, 0.1) is 0 Å². The topological polar surface area (TPSA) is 33.2 Å². The second-order valence-corrected chi connectivity index (χ2v) is 8.61. The van der Waals surface area contributed by atoms with E-state index in [1.807, 2.05) is 28.6 Å². The Morgan fingerprint density at radius 1 is 1.39 bits per heavy atom. The van der Waals surface area contributed by atoms with Crippen LogP contribution >= 0.6 is 39.0 Å². The van der Waals surface area contributed by atoms with Crippen LogP contribution in [0.15, 0.2) is 45.2 Å². The van der Waals surface area contributed by atoms with Gasteiger partial charge in [0.2, 0.25) is 5.91 Å². The molecule has 0 bridgehead atoms. The first-order chi connectivity index (χ1) is 11.2. The molecule has 1 unspecified atom stereocenters. The number of hydrogen-bond donors (Lipinski definition) is 0. The maximum Gasteiger partial charge on any atom is 0.223 e. The van der Waals surface area contributed by atoms with E-state index < -0.39 is 0 Å². The quantitative estimate of drug-likeness (QED) is 0.663. The number of piperidine rings is 1. The van der Waals surface area contributed by atoms with Gasteiger partial charge in [-0.05, 0) is 37.1 Å². The van der Waals surface area contributed by atoms with Crippen molar-refractivity contribution in [2.45, 2.75) is 30.1 Å². The molecule has 1 aliphatic heterocycles. The molecule has 3 rings (SSSR count). The molecule has 3 nitrogen and oxygen atoms in total. The van der Waals surface area contributed by atoms with Gasteiger partial charge in [0.15, 0.2) is 0 Å². The minimum atomic E-state index is 0.274. The zero-order valence-electron chi connectivity index (χ0n) is 12.8. The fourth-order valence-corrected chi connectivity index (χ4v) is 4.66. The number of nitrogens with zero attached hydrogens (tertiary/aromatic N) is 2. The molecule has 2 aromatic rings. The van der Waals surface area contributed by atoms with Gasteiger partial charge in [-0.2, -0.15) is 0 Å². The van der Waals surface area contributed by atoms with E-state index >= 15 is 0 Å². The monoisotopic (exact) mass is 410 g/mol. The van der Waals surface area contributed by atoms with Gasteiger partial charge in [0.05, 0.1) is 5.01 Å².